The Balaban J connectivity index is 1.90. The molecule has 0 radical (unpaired) electrons. The number of hydrogen-bond donors (Lipinski definition) is 1. The highest BCUT2D eigenvalue weighted by Gasteiger charge is 2.05. The summed E-state index contributed by atoms with van der Waals surface area (Å²) in [6.07, 6.45) is 1.15. The molecule has 0 saturated heterocycles. The maximum Gasteiger partial charge on any atom is 0.137 e. The van der Waals surface area contributed by atoms with Gasteiger partial charge in [-0.05, 0) is 58.2 Å². The lowest BCUT2D eigenvalue weighted by Crippen LogP contribution is -2.13. The average Bonchev–Trinajstić information content (AvgIpc) is 2.50. The molecule has 0 atom stereocenters. The number of benzene rings is 2. The molecule has 2 aromatic carbocycles. The lowest BCUT2D eigenvalue weighted by atomic mass is 10.2. The van der Waals surface area contributed by atoms with Crippen LogP contribution in [-0.2, 0) is 12.3 Å². The van der Waals surface area contributed by atoms with Crippen molar-refractivity contribution in [3.05, 3.63) is 63.9 Å². The molecule has 0 amide bonds. The third-order valence-electron chi connectivity index (χ3n) is 3.11. The number of nitrogens with one attached hydrogen (secondary N) is 1. The lowest BCUT2D eigenvalue weighted by molar-refractivity contribution is 0.619. The summed E-state index contributed by atoms with van der Waals surface area (Å²) in [6.45, 7) is 4.12. The highest BCUT2D eigenvalue weighted by Crippen LogP contribution is 2.28. The Morgan fingerprint density at radius 2 is 1.90 bits per heavy atom. The molecule has 2 aromatic rings. The second kappa shape index (κ2) is 8.57. The fraction of sp³-hybridized carbons (Fsp3) is 0.294. The molecule has 112 valence electrons. The van der Waals surface area contributed by atoms with Gasteiger partial charge in [-0.1, -0.05) is 31.2 Å². The summed E-state index contributed by atoms with van der Waals surface area (Å²) < 4.78 is 14.0. The van der Waals surface area contributed by atoms with E-state index < -0.39 is 0 Å². The van der Waals surface area contributed by atoms with E-state index in [-0.39, 0.29) is 5.82 Å². The molecule has 21 heavy (non-hydrogen) atoms. The van der Waals surface area contributed by atoms with Crippen molar-refractivity contribution in [2.75, 3.05) is 6.54 Å². The quantitative estimate of drug-likeness (QED) is 0.520. The second-order valence-electron chi connectivity index (χ2n) is 4.82. The molecular formula is C17H19BrFNS. The first-order valence-electron chi connectivity index (χ1n) is 7.06. The normalized spacial score (nSPS) is 10.8. The molecule has 1 nitrogen and oxygen atoms in total. The molecular weight excluding hydrogens is 349 g/mol. The summed E-state index contributed by atoms with van der Waals surface area (Å²) in [6, 6.07) is 13.7. The SMILES string of the molecule is CCCNCc1ccc(SCc2cccc(F)c2Br)cc1. The molecule has 2 rings (SSSR count). The molecule has 4 heteroatoms. The third-order valence-corrected chi connectivity index (χ3v) is 5.05. The van der Waals surface area contributed by atoms with Gasteiger partial charge in [-0.3, -0.25) is 0 Å². The number of rotatable bonds is 7. The molecule has 0 aliphatic carbocycles. The van der Waals surface area contributed by atoms with Gasteiger partial charge < -0.3 is 5.32 Å². The Kier molecular flexibility index (Phi) is 6.74. The number of halogens is 2. The van der Waals surface area contributed by atoms with E-state index >= 15 is 0 Å². The molecule has 1 N–H and O–H groups in total. The van der Waals surface area contributed by atoms with Crippen LogP contribution in [0.25, 0.3) is 0 Å². The van der Waals surface area contributed by atoms with Crippen molar-refractivity contribution in [1.29, 1.82) is 0 Å². The Hall–Kier alpha value is -0.840. The number of hydrogen-bond acceptors (Lipinski definition) is 2. The van der Waals surface area contributed by atoms with Crippen LogP contribution in [0.15, 0.2) is 51.8 Å². The van der Waals surface area contributed by atoms with E-state index in [1.165, 1.54) is 16.5 Å². The van der Waals surface area contributed by atoms with E-state index in [0.717, 1.165) is 30.8 Å². The van der Waals surface area contributed by atoms with Gasteiger partial charge in [-0.2, -0.15) is 0 Å². The maximum atomic E-state index is 13.4. The number of thioether (sulfide) groups is 1. The zero-order valence-electron chi connectivity index (χ0n) is 12.0. The molecule has 0 saturated carbocycles. The van der Waals surface area contributed by atoms with Gasteiger partial charge in [0.2, 0.25) is 0 Å². The smallest absolute Gasteiger partial charge is 0.137 e. The first-order chi connectivity index (χ1) is 10.2. The van der Waals surface area contributed by atoms with Gasteiger partial charge in [0, 0.05) is 17.2 Å². The minimum atomic E-state index is -0.203. The molecule has 0 heterocycles. The van der Waals surface area contributed by atoms with Crippen LogP contribution >= 0.6 is 27.7 Å². The maximum absolute atomic E-state index is 13.4. The zero-order chi connectivity index (χ0) is 15.1. The van der Waals surface area contributed by atoms with Crippen LogP contribution in [-0.4, -0.2) is 6.54 Å². The van der Waals surface area contributed by atoms with E-state index in [9.17, 15) is 4.39 Å². The summed E-state index contributed by atoms with van der Waals surface area (Å²) in [5.74, 6) is 0.552. The van der Waals surface area contributed by atoms with Gasteiger partial charge in [0.15, 0.2) is 0 Å². The van der Waals surface area contributed by atoms with Crippen LogP contribution in [0.4, 0.5) is 4.39 Å². The molecule has 0 bridgehead atoms. The Bertz CT molecular complexity index is 572. The summed E-state index contributed by atoms with van der Waals surface area (Å²) >= 11 is 5.02. The van der Waals surface area contributed by atoms with E-state index in [1.54, 1.807) is 17.8 Å². The summed E-state index contributed by atoms with van der Waals surface area (Å²) in [5, 5.41) is 3.39. The van der Waals surface area contributed by atoms with Crippen molar-refractivity contribution in [3.8, 4) is 0 Å². The van der Waals surface area contributed by atoms with Crippen molar-refractivity contribution in [3.63, 3.8) is 0 Å². The average molecular weight is 368 g/mol. The summed E-state index contributed by atoms with van der Waals surface area (Å²) in [7, 11) is 0. The minimum absolute atomic E-state index is 0.203. The molecule has 0 fully saturated rings. The van der Waals surface area contributed by atoms with Crippen LogP contribution in [0.5, 0.6) is 0 Å². The standard InChI is InChI=1S/C17H19BrFNS/c1-2-10-20-11-13-6-8-15(9-7-13)21-12-14-4-3-5-16(19)17(14)18/h3-9,20H,2,10-12H2,1H3. The monoisotopic (exact) mass is 367 g/mol. The fourth-order valence-corrected chi connectivity index (χ4v) is 3.42. The molecule has 0 unspecified atom stereocenters. The van der Waals surface area contributed by atoms with Crippen molar-refractivity contribution in [2.24, 2.45) is 0 Å². The second-order valence-corrected chi connectivity index (χ2v) is 6.66. The van der Waals surface area contributed by atoms with Crippen molar-refractivity contribution >= 4 is 27.7 Å². The van der Waals surface area contributed by atoms with Gasteiger partial charge in [-0.25, -0.2) is 4.39 Å². The van der Waals surface area contributed by atoms with Crippen LogP contribution < -0.4 is 5.32 Å². The Morgan fingerprint density at radius 3 is 2.62 bits per heavy atom. The summed E-state index contributed by atoms with van der Waals surface area (Å²) in [5.41, 5.74) is 2.27. The van der Waals surface area contributed by atoms with Gasteiger partial charge in [0.05, 0.1) is 4.47 Å². The van der Waals surface area contributed by atoms with Gasteiger partial charge >= 0.3 is 0 Å². The first-order valence-corrected chi connectivity index (χ1v) is 8.84. The molecule has 0 aliphatic heterocycles. The van der Waals surface area contributed by atoms with Crippen molar-refractivity contribution < 1.29 is 4.39 Å². The first kappa shape index (κ1) is 16.5. The predicted octanol–water partition coefficient (Wildman–Crippen LogP) is 5.38. The van der Waals surface area contributed by atoms with Gasteiger partial charge in [-0.15, -0.1) is 11.8 Å². The van der Waals surface area contributed by atoms with Crippen LogP contribution in [0.2, 0.25) is 0 Å². The molecule has 0 spiro atoms. The van der Waals surface area contributed by atoms with Gasteiger partial charge in [0.1, 0.15) is 5.82 Å². The van der Waals surface area contributed by atoms with Gasteiger partial charge in [0.25, 0.3) is 0 Å². The summed E-state index contributed by atoms with van der Waals surface area (Å²) in [4.78, 5) is 1.20. The predicted molar refractivity (Wildman–Crippen MR) is 92.1 cm³/mol. The largest absolute Gasteiger partial charge is 0.313 e. The van der Waals surface area contributed by atoms with E-state index in [0.29, 0.717) is 4.47 Å². The van der Waals surface area contributed by atoms with Crippen molar-refractivity contribution in [2.45, 2.75) is 30.5 Å². The van der Waals surface area contributed by atoms with Crippen molar-refractivity contribution in [1.82, 2.24) is 5.32 Å². The Labute approximate surface area is 138 Å². The molecule has 0 aromatic heterocycles. The molecule has 0 aliphatic rings. The minimum Gasteiger partial charge on any atom is -0.313 e. The lowest BCUT2D eigenvalue weighted by Gasteiger charge is -2.07. The van der Waals surface area contributed by atoms with Crippen LogP contribution in [0.3, 0.4) is 0 Å². The van der Waals surface area contributed by atoms with Crippen LogP contribution in [0, 0.1) is 5.82 Å². The zero-order valence-corrected chi connectivity index (χ0v) is 14.4. The highest BCUT2D eigenvalue weighted by molar-refractivity contribution is 9.10. The van der Waals surface area contributed by atoms with E-state index in [4.69, 9.17) is 0 Å². The fourth-order valence-electron chi connectivity index (χ4n) is 1.93. The van der Waals surface area contributed by atoms with E-state index in [2.05, 4.69) is 52.4 Å². The van der Waals surface area contributed by atoms with Crippen LogP contribution in [0.1, 0.15) is 24.5 Å². The topological polar surface area (TPSA) is 12.0 Å². The van der Waals surface area contributed by atoms with E-state index in [1.807, 2.05) is 6.07 Å². The third kappa shape index (κ3) is 5.13. The highest BCUT2D eigenvalue weighted by atomic mass is 79.9. The Morgan fingerprint density at radius 1 is 1.14 bits per heavy atom.